The van der Waals surface area contributed by atoms with Crippen molar-refractivity contribution in [2.45, 2.75) is 6.92 Å². The summed E-state index contributed by atoms with van der Waals surface area (Å²) in [6.45, 7) is 1.54. The summed E-state index contributed by atoms with van der Waals surface area (Å²) in [5.74, 6) is -1.23. The van der Waals surface area contributed by atoms with E-state index in [-0.39, 0.29) is 11.5 Å². The first-order valence-electron chi connectivity index (χ1n) is 3.56. The van der Waals surface area contributed by atoms with E-state index in [2.05, 4.69) is 15.0 Å². The lowest BCUT2D eigenvalue weighted by atomic mass is 10.2. The Morgan fingerprint density at radius 1 is 1.54 bits per heavy atom. The van der Waals surface area contributed by atoms with Crippen molar-refractivity contribution >= 4 is 11.8 Å². The Balaban J connectivity index is 3.13. The topological polar surface area (TPSA) is 98.2 Å². The van der Waals surface area contributed by atoms with Crippen molar-refractivity contribution in [3.63, 3.8) is 0 Å². The molecule has 0 aliphatic carbocycles. The fourth-order valence-electron chi connectivity index (χ4n) is 0.896. The number of hydrogen-bond donors (Lipinski definition) is 2. The molecule has 0 fully saturated rings. The molecule has 1 heterocycles. The molecule has 0 radical (unpaired) electrons. The van der Waals surface area contributed by atoms with Gasteiger partial charge in [0.2, 0.25) is 5.76 Å². The Bertz CT molecular complexity index is 356. The fraction of sp³-hybridized carbons (Fsp3) is 0.286. The highest BCUT2D eigenvalue weighted by Crippen LogP contribution is 2.11. The molecule has 13 heavy (non-hydrogen) atoms. The van der Waals surface area contributed by atoms with E-state index in [1.54, 1.807) is 6.92 Å². The smallest absolute Gasteiger partial charge is 0.287 e. The molecule has 0 aliphatic rings. The highest BCUT2D eigenvalue weighted by atomic mass is 16.5. The van der Waals surface area contributed by atoms with E-state index in [1.807, 2.05) is 0 Å². The van der Waals surface area contributed by atoms with Gasteiger partial charge in [0.25, 0.3) is 11.8 Å². The van der Waals surface area contributed by atoms with E-state index >= 15 is 0 Å². The number of nitrogens with one attached hydrogen (secondary N) is 1. The van der Waals surface area contributed by atoms with E-state index in [1.165, 1.54) is 7.05 Å². The number of rotatable bonds is 2. The van der Waals surface area contributed by atoms with Crippen LogP contribution in [0.25, 0.3) is 0 Å². The van der Waals surface area contributed by atoms with Gasteiger partial charge in [-0.2, -0.15) is 0 Å². The second-order valence-electron chi connectivity index (χ2n) is 2.43. The predicted octanol–water partition coefficient (Wildman–Crippen LogP) is -0.558. The molecule has 0 aliphatic heterocycles. The lowest BCUT2D eigenvalue weighted by Gasteiger charge is -1.93. The van der Waals surface area contributed by atoms with Crippen molar-refractivity contribution < 1.29 is 14.1 Å². The molecular weight excluding hydrogens is 174 g/mol. The maximum absolute atomic E-state index is 11.1. The van der Waals surface area contributed by atoms with Gasteiger partial charge in [-0.15, -0.1) is 0 Å². The number of carbonyl (C=O) groups is 2. The Kier molecular flexibility index (Phi) is 2.32. The van der Waals surface area contributed by atoms with Crippen LogP contribution in [0.2, 0.25) is 0 Å². The molecule has 0 aromatic carbocycles. The van der Waals surface area contributed by atoms with Crippen LogP contribution < -0.4 is 11.1 Å². The van der Waals surface area contributed by atoms with Gasteiger partial charge in [-0.05, 0) is 6.92 Å². The van der Waals surface area contributed by atoms with Gasteiger partial charge in [0.15, 0.2) is 5.69 Å². The van der Waals surface area contributed by atoms with Crippen molar-refractivity contribution in [3.8, 4) is 0 Å². The molecule has 0 saturated heterocycles. The van der Waals surface area contributed by atoms with Gasteiger partial charge in [-0.1, -0.05) is 5.16 Å². The quantitative estimate of drug-likeness (QED) is 0.642. The van der Waals surface area contributed by atoms with Crippen molar-refractivity contribution in [3.05, 3.63) is 17.0 Å². The Morgan fingerprint density at radius 2 is 2.15 bits per heavy atom. The minimum absolute atomic E-state index is 0.0799. The third kappa shape index (κ3) is 1.51. The molecule has 1 aromatic rings. The summed E-state index contributed by atoms with van der Waals surface area (Å²) in [6, 6.07) is 0. The van der Waals surface area contributed by atoms with Crippen LogP contribution in [-0.4, -0.2) is 24.0 Å². The summed E-state index contributed by atoms with van der Waals surface area (Å²) in [6.07, 6.45) is 0. The third-order valence-electron chi connectivity index (χ3n) is 1.59. The Labute approximate surface area is 74.1 Å². The highest BCUT2D eigenvalue weighted by Gasteiger charge is 2.20. The van der Waals surface area contributed by atoms with E-state index in [9.17, 15) is 9.59 Å². The molecule has 2 amide bonds. The number of carbonyl (C=O) groups excluding carboxylic acids is 2. The molecule has 0 spiro atoms. The SMILES string of the molecule is CNC(=O)c1noc(C(N)=O)c1C. The van der Waals surface area contributed by atoms with Gasteiger partial charge in [0, 0.05) is 12.6 Å². The summed E-state index contributed by atoms with van der Waals surface area (Å²) >= 11 is 0. The summed E-state index contributed by atoms with van der Waals surface area (Å²) in [7, 11) is 1.46. The molecule has 70 valence electrons. The van der Waals surface area contributed by atoms with Crippen LogP contribution in [0.1, 0.15) is 26.6 Å². The van der Waals surface area contributed by atoms with Gasteiger partial charge in [0.05, 0.1) is 0 Å². The summed E-state index contributed by atoms with van der Waals surface area (Å²) in [4.78, 5) is 21.8. The largest absolute Gasteiger partial charge is 0.363 e. The standard InChI is InChI=1S/C7H9N3O3/c1-3-4(7(12)9-2)10-13-5(3)6(8)11/h1-2H3,(H2,8,11)(H,9,12). The molecule has 6 heteroatoms. The average Bonchev–Trinajstić information content (AvgIpc) is 2.46. The number of nitrogens with zero attached hydrogens (tertiary/aromatic N) is 1. The van der Waals surface area contributed by atoms with Crippen LogP contribution in [-0.2, 0) is 0 Å². The van der Waals surface area contributed by atoms with Crippen LogP contribution in [0, 0.1) is 6.92 Å². The summed E-state index contributed by atoms with van der Waals surface area (Å²) in [5, 5.41) is 5.78. The van der Waals surface area contributed by atoms with Crippen molar-refractivity contribution in [2.75, 3.05) is 7.05 Å². The van der Waals surface area contributed by atoms with Crippen molar-refractivity contribution in [2.24, 2.45) is 5.73 Å². The number of amides is 2. The van der Waals surface area contributed by atoms with Gasteiger partial charge < -0.3 is 15.6 Å². The second-order valence-corrected chi connectivity index (χ2v) is 2.43. The second kappa shape index (κ2) is 3.26. The average molecular weight is 183 g/mol. The van der Waals surface area contributed by atoms with E-state index < -0.39 is 11.8 Å². The molecule has 0 atom stereocenters. The first-order chi connectivity index (χ1) is 6.07. The van der Waals surface area contributed by atoms with Crippen molar-refractivity contribution in [1.82, 2.24) is 10.5 Å². The van der Waals surface area contributed by atoms with Crippen LogP contribution in [0.15, 0.2) is 4.52 Å². The molecule has 6 nitrogen and oxygen atoms in total. The monoisotopic (exact) mass is 183 g/mol. The highest BCUT2D eigenvalue weighted by molar-refractivity contribution is 5.98. The molecular formula is C7H9N3O3. The lowest BCUT2D eigenvalue weighted by molar-refractivity contribution is 0.0942. The molecule has 1 aromatic heterocycles. The Morgan fingerprint density at radius 3 is 2.54 bits per heavy atom. The number of aromatic nitrogens is 1. The zero-order chi connectivity index (χ0) is 10.0. The summed E-state index contributed by atoms with van der Waals surface area (Å²) < 4.78 is 4.59. The minimum atomic E-state index is -0.736. The normalized spacial score (nSPS) is 9.69. The molecule has 0 saturated carbocycles. The first-order valence-corrected chi connectivity index (χ1v) is 3.56. The zero-order valence-electron chi connectivity index (χ0n) is 7.25. The summed E-state index contributed by atoms with van der Waals surface area (Å²) in [5.41, 5.74) is 5.40. The number of primary amides is 1. The first kappa shape index (κ1) is 9.24. The number of hydrogen-bond acceptors (Lipinski definition) is 4. The maximum Gasteiger partial charge on any atom is 0.287 e. The third-order valence-corrected chi connectivity index (χ3v) is 1.59. The predicted molar refractivity (Wildman–Crippen MR) is 43.1 cm³/mol. The van der Waals surface area contributed by atoms with E-state index in [0.29, 0.717) is 5.56 Å². The number of nitrogens with two attached hydrogens (primary N) is 1. The van der Waals surface area contributed by atoms with Crippen LogP contribution in [0.3, 0.4) is 0 Å². The van der Waals surface area contributed by atoms with Gasteiger partial charge >= 0.3 is 0 Å². The molecule has 0 bridgehead atoms. The Hall–Kier alpha value is -1.85. The lowest BCUT2D eigenvalue weighted by Crippen LogP contribution is -2.19. The van der Waals surface area contributed by atoms with E-state index in [4.69, 9.17) is 5.73 Å². The van der Waals surface area contributed by atoms with Gasteiger partial charge in [-0.25, -0.2) is 0 Å². The fourth-order valence-corrected chi connectivity index (χ4v) is 0.896. The van der Waals surface area contributed by atoms with Gasteiger partial charge in [0.1, 0.15) is 0 Å². The maximum atomic E-state index is 11.1. The minimum Gasteiger partial charge on any atom is -0.363 e. The van der Waals surface area contributed by atoms with Crippen molar-refractivity contribution in [1.29, 1.82) is 0 Å². The molecule has 1 rings (SSSR count). The van der Waals surface area contributed by atoms with Crippen LogP contribution in [0.4, 0.5) is 0 Å². The van der Waals surface area contributed by atoms with E-state index in [0.717, 1.165) is 0 Å². The zero-order valence-corrected chi connectivity index (χ0v) is 7.25. The molecule has 0 unspecified atom stereocenters. The molecule has 3 N–H and O–H groups in total. The van der Waals surface area contributed by atoms with Gasteiger partial charge in [-0.3, -0.25) is 9.59 Å². The van der Waals surface area contributed by atoms with Crippen LogP contribution in [0.5, 0.6) is 0 Å². The van der Waals surface area contributed by atoms with Crippen LogP contribution >= 0.6 is 0 Å².